The van der Waals surface area contributed by atoms with E-state index in [0.717, 1.165) is 91.5 Å². The number of hydrogen-bond acceptors (Lipinski definition) is 42. The third-order valence-corrected chi connectivity index (χ3v) is 25.9. The average Bonchev–Trinajstić information content (AvgIpc) is 1.72. The summed E-state index contributed by atoms with van der Waals surface area (Å²) >= 11 is 15.8. The molecule has 0 atom stereocenters. The number of nitrogens with two attached hydrogens (primary N) is 1. The molecule has 11 heterocycles. The van der Waals surface area contributed by atoms with Crippen molar-refractivity contribution in [3.05, 3.63) is 167 Å². The first-order valence-corrected chi connectivity index (χ1v) is 50.7. The lowest BCUT2D eigenvalue weighted by molar-refractivity contribution is -0.137. The molecule has 11 aromatic rings. The molecule has 48 heteroatoms. The zero-order chi connectivity index (χ0) is 102. The number of carboxylic acid groups (broad SMARTS) is 2. The number of ether oxygens (including phenoxy) is 3. The minimum absolute atomic E-state index is 0.0249. The van der Waals surface area contributed by atoms with E-state index >= 15 is 0 Å². The van der Waals surface area contributed by atoms with Gasteiger partial charge in [0.15, 0.2) is 78.5 Å². The molecule has 0 radical (unpaired) electrons. The Morgan fingerprint density at radius 2 is 0.667 bits per heavy atom. The molecule has 0 saturated carbocycles. The number of thiazole rings is 11. The summed E-state index contributed by atoms with van der Waals surface area (Å²) in [4.78, 5) is 186. The van der Waals surface area contributed by atoms with Gasteiger partial charge in [0.05, 0.1) is 32.6 Å². The summed E-state index contributed by atoms with van der Waals surface area (Å²) in [5.74, 6) is -2.18. The van der Waals surface area contributed by atoms with Crippen molar-refractivity contribution in [1.82, 2.24) is 84.6 Å². The number of nitrogens with one attached hydrogen (secondary N) is 3. The Labute approximate surface area is 834 Å². The molecule has 4 amide bonds. The Bertz CT molecular complexity index is 5260. The number of amides is 4. The van der Waals surface area contributed by atoms with Gasteiger partial charge in [-0.1, -0.05) is 6.92 Å². The van der Waals surface area contributed by atoms with Crippen molar-refractivity contribution in [2.24, 2.45) is 5.73 Å². The van der Waals surface area contributed by atoms with Gasteiger partial charge in [-0.3, -0.25) is 52.7 Å². The van der Waals surface area contributed by atoms with Crippen molar-refractivity contribution in [2.45, 2.75) is 141 Å². The number of hydrogen-bond donors (Lipinski definition) is 7. The fourth-order valence-corrected chi connectivity index (χ4v) is 17.1. The number of aryl methyl sites for hydroxylation is 11. The molecule has 8 N–H and O–H groups in total. The van der Waals surface area contributed by atoms with Crippen LogP contribution in [0.25, 0.3) is 0 Å². The van der Waals surface area contributed by atoms with Crippen LogP contribution in [0, 0.1) is 76.2 Å². The van der Waals surface area contributed by atoms with Crippen molar-refractivity contribution < 1.29 is 82.3 Å². The van der Waals surface area contributed by atoms with Gasteiger partial charge in [-0.15, -0.1) is 125 Å². The average molecular weight is 2080 g/mol. The smallest absolute Gasteiger partial charge is 0.305 e. The van der Waals surface area contributed by atoms with Crippen molar-refractivity contribution in [3.8, 4) is 0 Å². The summed E-state index contributed by atoms with van der Waals surface area (Å²) in [6, 6.07) is 0. The fraction of sp³-hybridized carbons (Fsp3) is 0.494. The summed E-state index contributed by atoms with van der Waals surface area (Å²) in [5.41, 5.74) is 4.94. The maximum absolute atomic E-state index is 12.1. The van der Waals surface area contributed by atoms with Gasteiger partial charge in [0.25, 0.3) is 23.6 Å². The highest BCUT2D eigenvalue weighted by molar-refractivity contribution is 7.17. The third-order valence-electron chi connectivity index (χ3n) is 15.7. The normalized spacial score (nSPS) is 10.1. The number of ketones is 5. The van der Waals surface area contributed by atoms with E-state index in [2.05, 4.69) is 102 Å². The van der Waals surface area contributed by atoms with E-state index in [1.807, 2.05) is 96.5 Å². The molecule has 0 saturated heterocycles. The Morgan fingerprint density at radius 1 is 0.356 bits per heavy atom. The van der Waals surface area contributed by atoms with E-state index in [0.29, 0.717) is 110 Å². The van der Waals surface area contributed by atoms with Gasteiger partial charge in [-0.25, -0.2) is 54.8 Å². The SMILES string of the molecule is CCC(=O)c1ncc(C)s1.CNCC(=O)c1ncc(C)s1.COCCN(CCOC)C(=O)c1ncc(C)s1.COCN(C)C(=O)c1ncc(C)s1.Cc1cnc(C(=O)CCC(=O)O)s1.Cc1cnc(C(=O)CCCN(C)C)s1.Cc1cnc(C(=O)CCCO)s1.Cc1cnc(C(=O)N(C)C)s1.Cc1cnc(C(N)=O)s1.Cc1cnc(NCCC(=O)O)s1.Cc1cnc(NCCCN(C)C)s1. The number of Topliss-reactive ketones (excluding diaryl/α,β-unsaturated/α-hetero) is 5. The Kier molecular flexibility index (Phi) is 64.9. The largest absolute Gasteiger partial charge is 0.481 e. The lowest BCUT2D eigenvalue weighted by atomic mass is 10.2. The summed E-state index contributed by atoms with van der Waals surface area (Å²) < 4.78 is 14.8. The first kappa shape index (κ1) is 123. The summed E-state index contributed by atoms with van der Waals surface area (Å²) in [7, 11) is 19.9. The summed E-state index contributed by atoms with van der Waals surface area (Å²) in [6.07, 6.45) is 23.1. The van der Waals surface area contributed by atoms with Crippen molar-refractivity contribution in [2.75, 3.05) is 161 Å². The first-order valence-electron chi connectivity index (χ1n) is 41.7. The molecule has 0 unspecified atom stereocenters. The predicted molar refractivity (Wildman–Crippen MR) is 545 cm³/mol. The molecule has 11 rings (SSSR count). The number of methoxy groups -OCH3 is 3. The first-order chi connectivity index (χ1) is 63.9. The Balaban J connectivity index is 0.000000745. The summed E-state index contributed by atoms with van der Waals surface area (Å²) in [6.45, 7) is 29.5. The number of carboxylic acids is 2. The number of anilines is 2. The number of carbonyl (C=O) groups is 11. The maximum atomic E-state index is 12.1. The number of primary amides is 1. The van der Waals surface area contributed by atoms with Gasteiger partial charge in [0.2, 0.25) is 5.78 Å². The van der Waals surface area contributed by atoms with Crippen LogP contribution in [0.5, 0.6) is 0 Å². The van der Waals surface area contributed by atoms with Crippen LogP contribution in [0.1, 0.15) is 207 Å². The predicted octanol–water partition coefficient (Wildman–Crippen LogP) is 15.0. The fourth-order valence-electron chi connectivity index (χ4n) is 9.17. The molecule has 0 spiro atoms. The molecule has 0 fully saturated rings. The van der Waals surface area contributed by atoms with Crippen LogP contribution in [0.2, 0.25) is 0 Å². The molecule has 11 aromatic heterocycles. The second-order valence-electron chi connectivity index (χ2n) is 29.1. The molecule has 0 aliphatic heterocycles. The van der Waals surface area contributed by atoms with Gasteiger partial charge < -0.3 is 75.7 Å². The van der Waals surface area contributed by atoms with Crippen LogP contribution in [0.15, 0.2) is 68.2 Å². The number of aromatic nitrogens is 11. The third kappa shape index (κ3) is 56.7. The van der Waals surface area contributed by atoms with Crippen molar-refractivity contribution >= 4 is 199 Å². The number of rotatable bonds is 39. The molecule has 0 aliphatic rings. The van der Waals surface area contributed by atoms with Crippen LogP contribution in [-0.4, -0.2) is 309 Å². The lowest BCUT2D eigenvalue weighted by Crippen LogP contribution is -2.36. The highest BCUT2D eigenvalue weighted by Gasteiger charge is 2.21. The van der Waals surface area contributed by atoms with E-state index in [9.17, 15) is 52.7 Å². The van der Waals surface area contributed by atoms with Crippen LogP contribution < -0.4 is 21.7 Å². The number of aliphatic hydroxyl groups is 1. The van der Waals surface area contributed by atoms with Gasteiger partial charge in [-0.05, 0) is 144 Å². The molecule has 37 nitrogen and oxygen atoms in total. The number of likely N-dealkylation sites (N-methyl/N-ethyl adjacent to an activating group) is 1. The molecule has 0 aliphatic carbocycles. The van der Waals surface area contributed by atoms with E-state index in [-0.39, 0.29) is 79.2 Å². The van der Waals surface area contributed by atoms with Crippen LogP contribution in [0.3, 0.4) is 0 Å². The minimum atomic E-state index is -0.957. The van der Waals surface area contributed by atoms with Crippen LogP contribution >= 0.6 is 125 Å². The standard InChI is InChI=1S/C11H18N2O3S.C10H16N2OS.C9H17N3S.C8H12N2O2S.C8H9NO3S.C8H11NO2S.C7H10N2O2S.2C7H10N2OS.C7H9NOS.C5H6N2OS/c1-9-8-12-10(17-9)11(14)13(4-6-15-2)5-7-16-3;1-8-7-11-10(14-8)9(13)5-4-6-12(2)3;1-8-7-11-9(13-8)10-5-4-6-12(2)3;1-6-4-9-7(13-6)8(11)10(2)5-12-3;1-5-4-9-8(13-5)6(10)2-3-7(11)12;1-6-5-9-8(12-6)7(11)3-2-4-10;1-5-4-9-7(12-5)8-3-2-6(10)11;1-5-4-8-6(11-5)7(10)9(2)3;1-5-3-9-7(11-5)6(10)4-8-2;1-3-6(9)7-8-4-5(2)10-7;1-3-2-7-5(9-3)4(6)8/h8H,4-7H2,1-3H3;7H,4-6H2,1-3H3;7H,4-6H2,1-3H3,(H,10,11);4H,5H2,1-3H3;4H,2-3H2,1H3,(H,11,12);5,10H,2-4H2,1H3;4H,2-3H2,1H3,(H,8,9)(H,10,11);4H,1-3H3;3,8H,4H2,1-2H3;4H,3H2,1-2H3;2H,1H3,(H2,6,8). The molecule has 0 bridgehead atoms. The van der Waals surface area contributed by atoms with Crippen molar-refractivity contribution in [1.29, 1.82) is 0 Å². The number of aliphatic hydroxyl groups excluding tert-OH is 1. The van der Waals surface area contributed by atoms with E-state index < -0.39 is 17.8 Å². The van der Waals surface area contributed by atoms with Gasteiger partial charge in [0, 0.05) is 223 Å². The number of aliphatic carboxylic acids is 2. The van der Waals surface area contributed by atoms with E-state index in [4.69, 9.17) is 35.3 Å². The molecule has 0 aromatic carbocycles. The second-order valence-corrected chi connectivity index (χ2v) is 42.7. The Hall–Kier alpha value is -9.58. The zero-order valence-electron chi connectivity index (χ0n) is 80.8. The number of nitrogens with zero attached hydrogens (tertiary/aromatic N) is 16. The zero-order valence-corrected chi connectivity index (χ0v) is 89.8. The van der Waals surface area contributed by atoms with E-state index in [1.165, 1.54) is 128 Å². The van der Waals surface area contributed by atoms with Gasteiger partial charge in [-0.2, -0.15) is 0 Å². The van der Waals surface area contributed by atoms with Gasteiger partial charge in [0.1, 0.15) is 6.73 Å². The quantitative estimate of drug-likeness (QED) is 0.0107. The molecular formula is C87H128N20O17S11. The topological polar surface area (TPSA) is 496 Å². The van der Waals surface area contributed by atoms with Crippen molar-refractivity contribution in [3.63, 3.8) is 0 Å². The summed E-state index contributed by atoms with van der Waals surface area (Å²) in [5, 5.41) is 40.8. The van der Waals surface area contributed by atoms with Crippen LogP contribution in [0.4, 0.5) is 10.3 Å². The van der Waals surface area contributed by atoms with Crippen LogP contribution in [-0.2, 0) is 23.8 Å². The molecule has 744 valence electrons. The molecular weight excluding hydrogens is 1950 g/mol. The Morgan fingerprint density at radius 3 is 0.963 bits per heavy atom. The minimum Gasteiger partial charge on any atom is -0.481 e. The highest BCUT2D eigenvalue weighted by atomic mass is 32.1. The maximum Gasteiger partial charge on any atom is 0.305 e. The number of carbonyl (C=O) groups excluding carboxylic acids is 9. The molecule has 135 heavy (non-hydrogen) atoms. The van der Waals surface area contributed by atoms with E-state index in [1.54, 1.807) is 128 Å². The monoisotopic (exact) mass is 2080 g/mol. The highest BCUT2D eigenvalue weighted by Crippen LogP contribution is 2.22. The van der Waals surface area contributed by atoms with Gasteiger partial charge >= 0.3 is 11.9 Å². The lowest BCUT2D eigenvalue weighted by Gasteiger charge is -2.20. The second kappa shape index (κ2) is 71.0.